The van der Waals surface area contributed by atoms with E-state index >= 15 is 0 Å². The summed E-state index contributed by atoms with van der Waals surface area (Å²) in [7, 11) is 0. The molecule has 0 atom stereocenters. The first-order valence-electron chi connectivity index (χ1n) is 5.15. The number of carbonyl (C=O) groups is 1. The van der Waals surface area contributed by atoms with Crippen LogP contribution in [-0.4, -0.2) is 17.9 Å². The van der Waals surface area contributed by atoms with Crippen molar-refractivity contribution in [2.45, 2.75) is 18.8 Å². The Hall–Kier alpha value is -0.670. The molecule has 0 saturated carbocycles. The smallest absolute Gasteiger partial charge is 0.221 e. The number of hydrogen-bond acceptors (Lipinski definition) is 2. The fraction of sp³-hybridized carbons (Fsp3) is 0.417. The number of nitrogens with one attached hydrogen (secondary N) is 1. The van der Waals surface area contributed by atoms with Crippen LogP contribution in [-0.2, 0) is 17.2 Å². The molecule has 2 nitrogen and oxygen atoms in total. The Morgan fingerprint density at radius 2 is 1.94 bits per heavy atom. The van der Waals surface area contributed by atoms with Crippen molar-refractivity contribution < 1.29 is 4.79 Å². The fourth-order valence-electron chi connectivity index (χ4n) is 1.23. The predicted octanol–water partition coefficient (Wildman–Crippen LogP) is 2.79. The van der Waals surface area contributed by atoms with Crippen molar-refractivity contribution in [1.82, 2.24) is 5.32 Å². The second-order valence-electron chi connectivity index (χ2n) is 3.47. The van der Waals surface area contributed by atoms with Crippen molar-refractivity contribution in [3.05, 3.63) is 35.4 Å². The van der Waals surface area contributed by atoms with E-state index in [-0.39, 0.29) is 5.91 Å². The van der Waals surface area contributed by atoms with Gasteiger partial charge in [0.2, 0.25) is 5.91 Å². The third-order valence-electron chi connectivity index (χ3n) is 2.20. The average Bonchev–Trinajstić information content (AvgIpc) is 2.34. The number of halogens is 1. The number of hydrogen-bond donors (Lipinski definition) is 1. The van der Waals surface area contributed by atoms with Gasteiger partial charge in [-0.05, 0) is 17.4 Å². The van der Waals surface area contributed by atoms with Crippen molar-refractivity contribution >= 4 is 29.3 Å². The van der Waals surface area contributed by atoms with Crippen LogP contribution in [0.25, 0.3) is 0 Å². The van der Waals surface area contributed by atoms with Crippen molar-refractivity contribution in [2.24, 2.45) is 0 Å². The van der Waals surface area contributed by atoms with E-state index in [4.69, 9.17) is 11.6 Å². The molecule has 0 aliphatic carbocycles. The molecule has 0 saturated heterocycles. The number of rotatable bonds is 6. The Balaban J connectivity index is 2.33. The second kappa shape index (κ2) is 7.58. The van der Waals surface area contributed by atoms with Gasteiger partial charge in [0, 0.05) is 24.6 Å². The van der Waals surface area contributed by atoms with Crippen molar-refractivity contribution in [3.63, 3.8) is 0 Å². The molecule has 1 amide bonds. The van der Waals surface area contributed by atoms with Gasteiger partial charge in [0.25, 0.3) is 0 Å². The number of amides is 1. The minimum Gasteiger partial charge on any atom is -0.352 e. The zero-order valence-corrected chi connectivity index (χ0v) is 10.9. The molecule has 4 heteroatoms. The van der Waals surface area contributed by atoms with Gasteiger partial charge < -0.3 is 5.32 Å². The number of alkyl halides is 1. The molecule has 1 rings (SSSR count). The van der Waals surface area contributed by atoms with Gasteiger partial charge in [-0.2, -0.15) is 11.8 Å². The monoisotopic (exact) mass is 257 g/mol. The molecule has 0 aliphatic heterocycles. The number of thioether (sulfide) groups is 1. The molecule has 1 N–H and O–H groups in total. The molecular weight excluding hydrogens is 242 g/mol. The lowest BCUT2D eigenvalue weighted by molar-refractivity contribution is -0.120. The predicted molar refractivity (Wildman–Crippen MR) is 70.8 cm³/mol. The summed E-state index contributed by atoms with van der Waals surface area (Å²) in [6.45, 7) is 0.593. The van der Waals surface area contributed by atoms with E-state index in [0.717, 1.165) is 16.9 Å². The van der Waals surface area contributed by atoms with Crippen molar-refractivity contribution in [1.29, 1.82) is 0 Å². The molecular formula is C12H16ClNOS. The van der Waals surface area contributed by atoms with Crippen LogP contribution < -0.4 is 5.32 Å². The highest BCUT2D eigenvalue weighted by Gasteiger charge is 2.00. The Morgan fingerprint density at radius 1 is 1.31 bits per heavy atom. The quantitative estimate of drug-likeness (QED) is 0.794. The highest BCUT2D eigenvalue weighted by Crippen LogP contribution is 2.06. The van der Waals surface area contributed by atoms with Crippen LogP contribution in [0.2, 0.25) is 0 Å². The van der Waals surface area contributed by atoms with Crippen molar-refractivity contribution in [3.8, 4) is 0 Å². The highest BCUT2D eigenvalue weighted by molar-refractivity contribution is 7.98. The lowest BCUT2D eigenvalue weighted by Gasteiger charge is -2.05. The molecule has 0 aliphatic rings. The molecule has 88 valence electrons. The zero-order chi connectivity index (χ0) is 11.8. The summed E-state index contributed by atoms with van der Waals surface area (Å²) in [4.78, 5) is 11.4. The summed E-state index contributed by atoms with van der Waals surface area (Å²) in [6, 6.07) is 7.95. The third-order valence-corrected chi connectivity index (χ3v) is 3.12. The van der Waals surface area contributed by atoms with Gasteiger partial charge in [-0.25, -0.2) is 0 Å². The number of benzene rings is 1. The van der Waals surface area contributed by atoms with E-state index in [2.05, 4.69) is 5.32 Å². The van der Waals surface area contributed by atoms with E-state index in [9.17, 15) is 4.79 Å². The summed E-state index contributed by atoms with van der Waals surface area (Å²) in [5, 5.41) is 2.89. The Kier molecular flexibility index (Phi) is 6.34. The van der Waals surface area contributed by atoms with Gasteiger partial charge in [-0.15, -0.1) is 11.6 Å². The third kappa shape index (κ3) is 4.90. The topological polar surface area (TPSA) is 29.1 Å². The molecule has 0 radical (unpaired) electrons. The summed E-state index contributed by atoms with van der Waals surface area (Å²) >= 11 is 7.37. The Labute approximate surface area is 106 Å². The van der Waals surface area contributed by atoms with Gasteiger partial charge in [0.1, 0.15) is 0 Å². The van der Waals surface area contributed by atoms with E-state index in [1.807, 2.05) is 30.5 Å². The van der Waals surface area contributed by atoms with E-state index in [1.54, 1.807) is 11.8 Å². The first kappa shape index (κ1) is 13.4. The fourth-order valence-corrected chi connectivity index (χ4v) is 1.80. The van der Waals surface area contributed by atoms with Crippen LogP contribution in [0.5, 0.6) is 0 Å². The van der Waals surface area contributed by atoms with Crippen LogP contribution in [0, 0.1) is 0 Å². The second-order valence-corrected chi connectivity index (χ2v) is 4.72. The van der Waals surface area contributed by atoms with Gasteiger partial charge in [0.15, 0.2) is 0 Å². The highest BCUT2D eigenvalue weighted by atomic mass is 35.5. The largest absolute Gasteiger partial charge is 0.352 e. The summed E-state index contributed by atoms with van der Waals surface area (Å²) < 4.78 is 0. The number of carbonyl (C=O) groups excluding carboxylic acids is 1. The van der Waals surface area contributed by atoms with Crippen LogP contribution in [0.3, 0.4) is 0 Å². The van der Waals surface area contributed by atoms with E-state index in [0.29, 0.717) is 18.8 Å². The lowest BCUT2D eigenvalue weighted by atomic mass is 10.1. The van der Waals surface area contributed by atoms with Crippen LogP contribution >= 0.6 is 23.4 Å². The van der Waals surface area contributed by atoms with Gasteiger partial charge >= 0.3 is 0 Å². The molecule has 0 spiro atoms. The molecule has 0 bridgehead atoms. The first-order chi connectivity index (χ1) is 7.76. The molecule has 0 unspecified atom stereocenters. The van der Waals surface area contributed by atoms with Gasteiger partial charge in [-0.3, -0.25) is 4.79 Å². The molecule has 0 heterocycles. The van der Waals surface area contributed by atoms with Gasteiger partial charge in [0.05, 0.1) is 0 Å². The molecule has 1 aromatic rings. The van der Waals surface area contributed by atoms with Crippen LogP contribution in [0.4, 0.5) is 0 Å². The zero-order valence-electron chi connectivity index (χ0n) is 9.33. The van der Waals surface area contributed by atoms with Crippen LogP contribution in [0.1, 0.15) is 17.5 Å². The molecule has 0 fully saturated rings. The maximum atomic E-state index is 11.4. The maximum Gasteiger partial charge on any atom is 0.221 e. The molecule has 1 aromatic carbocycles. The minimum absolute atomic E-state index is 0.107. The summed E-state index contributed by atoms with van der Waals surface area (Å²) in [5.74, 6) is 1.51. The molecule has 16 heavy (non-hydrogen) atoms. The summed E-state index contributed by atoms with van der Waals surface area (Å²) in [6.07, 6.45) is 2.58. The SMILES string of the molecule is CSCCC(=O)NCc1ccc(CCl)cc1. The molecule has 0 aromatic heterocycles. The Bertz CT molecular complexity index is 326. The minimum atomic E-state index is 0.107. The van der Waals surface area contributed by atoms with Gasteiger partial charge in [-0.1, -0.05) is 24.3 Å². The maximum absolute atomic E-state index is 11.4. The Morgan fingerprint density at radius 3 is 2.50 bits per heavy atom. The summed E-state index contributed by atoms with van der Waals surface area (Å²) in [5.41, 5.74) is 2.20. The average molecular weight is 258 g/mol. The standard InChI is InChI=1S/C12H16ClNOS/c1-16-7-6-12(15)14-9-11-4-2-10(8-13)3-5-11/h2-5H,6-9H2,1H3,(H,14,15). The van der Waals surface area contributed by atoms with E-state index < -0.39 is 0 Å². The van der Waals surface area contributed by atoms with E-state index in [1.165, 1.54) is 0 Å². The van der Waals surface area contributed by atoms with Crippen LogP contribution in [0.15, 0.2) is 24.3 Å². The normalized spacial score (nSPS) is 10.1. The van der Waals surface area contributed by atoms with Crippen molar-refractivity contribution in [2.75, 3.05) is 12.0 Å². The lowest BCUT2D eigenvalue weighted by Crippen LogP contribution is -2.22. The first-order valence-corrected chi connectivity index (χ1v) is 7.08.